The van der Waals surface area contributed by atoms with Gasteiger partial charge in [-0.3, -0.25) is 4.79 Å². The van der Waals surface area contributed by atoms with E-state index in [4.69, 9.17) is 0 Å². The van der Waals surface area contributed by atoms with Crippen LogP contribution in [0.4, 0.5) is 0 Å². The Morgan fingerprint density at radius 1 is 1.35 bits per heavy atom. The van der Waals surface area contributed by atoms with Crippen molar-refractivity contribution in [2.45, 2.75) is 53.0 Å². The first-order valence-electron chi connectivity index (χ1n) is 5.97. The van der Waals surface area contributed by atoms with Crippen molar-refractivity contribution in [3.8, 4) is 0 Å². The molecule has 1 heterocycles. The summed E-state index contributed by atoms with van der Waals surface area (Å²) in [6.07, 6.45) is 1.06. The van der Waals surface area contributed by atoms with Crippen molar-refractivity contribution < 1.29 is 4.79 Å². The second-order valence-corrected chi connectivity index (χ2v) is 6.68. The van der Waals surface area contributed by atoms with Crippen molar-refractivity contribution in [1.82, 2.24) is 10.3 Å². The SMILES string of the molecule is Cc1nc(CC(=O)CCNC(C)(C)C)sc1C. The molecule has 3 nitrogen and oxygen atoms in total. The molecule has 17 heavy (non-hydrogen) atoms. The molecule has 0 saturated carbocycles. The third-order valence-electron chi connectivity index (χ3n) is 2.48. The zero-order valence-corrected chi connectivity index (χ0v) is 12.2. The fourth-order valence-electron chi connectivity index (χ4n) is 1.45. The molecule has 0 aromatic carbocycles. The van der Waals surface area contributed by atoms with Crippen LogP contribution in [0.1, 0.15) is 42.8 Å². The molecule has 0 bridgehead atoms. The standard InChI is InChI=1S/C13H22N2OS/c1-9-10(2)17-12(15-9)8-11(16)6-7-14-13(3,4)5/h14H,6-8H2,1-5H3. The van der Waals surface area contributed by atoms with Gasteiger partial charge in [-0.2, -0.15) is 0 Å². The van der Waals surface area contributed by atoms with E-state index in [1.165, 1.54) is 4.88 Å². The zero-order chi connectivity index (χ0) is 13.1. The van der Waals surface area contributed by atoms with Gasteiger partial charge in [0.05, 0.1) is 12.1 Å². The highest BCUT2D eigenvalue weighted by atomic mass is 32.1. The summed E-state index contributed by atoms with van der Waals surface area (Å²) in [7, 11) is 0. The molecule has 1 aromatic rings. The Labute approximate surface area is 108 Å². The van der Waals surface area contributed by atoms with Crippen molar-refractivity contribution >= 4 is 17.1 Å². The van der Waals surface area contributed by atoms with Crippen molar-refractivity contribution in [3.63, 3.8) is 0 Å². The summed E-state index contributed by atoms with van der Waals surface area (Å²) < 4.78 is 0. The number of nitrogens with one attached hydrogen (secondary N) is 1. The normalized spacial score (nSPS) is 11.8. The summed E-state index contributed by atoms with van der Waals surface area (Å²) in [5, 5.41) is 4.26. The van der Waals surface area contributed by atoms with Crippen LogP contribution >= 0.6 is 11.3 Å². The van der Waals surface area contributed by atoms with Crippen LogP contribution < -0.4 is 5.32 Å². The number of rotatable bonds is 5. The van der Waals surface area contributed by atoms with Gasteiger partial charge in [-0.25, -0.2) is 4.98 Å². The minimum absolute atomic E-state index is 0.0780. The molecule has 4 heteroatoms. The van der Waals surface area contributed by atoms with Gasteiger partial charge < -0.3 is 5.32 Å². The number of carbonyl (C=O) groups excluding carboxylic acids is 1. The molecule has 0 fully saturated rings. The van der Waals surface area contributed by atoms with Crippen LogP contribution in [0.5, 0.6) is 0 Å². The number of carbonyl (C=O) groups is 1. The van der Waals surface area contributed by atoms with Crippen LogP contribution in [-0.4, -0.2) is 22.9 Å². The fourth-order valence-corrected chi connectivity index (χ4v) is 2.41. The summed E-state index contributed by atoms with van der Waals surface area (Å²) >= 11 is 1.63. The lowest BCUT2D eigenvalue weighted by molar-refractivity contribution is -0.118. The van der Waals surface area contributed by atoms with Gasteiger partial charge in [0.15, 0.2) is 0 Å². The first kappa shape index (κ1) is 14.3. The van der Waals surface area contributed by atoms with E-state index in [0.717, 1.165) is 17.2 Å². The van der Waals surface area contributed by atoms with Crippen molar-refractivity contribution in [3.05, 3.63) is 15.6 Å². The Bertz CT molecular complexity index is 371. The highest BCUT2D eigenvalue weighted by Crippen LogP contribution is 2.17. The molecule has 0 aliphatic rings. The third kappa shape index (κ3) is 5.41. The molecule has 0 amide bonds. The monoisotopic (exact) mass is 254 g/mol. The van der Waals surface area contributed by atoms with Gasteiger partial charge in [-0.1, -0.05) is 0 Å². The van der Waals surface area contributed by atoms with Gasteiger partial charge in [0, 0.05) is 23.4 Å². The molecule has 0 saturated heterocycles. The molecule has 0 spiro atoms. The second-order valence-electron chi connectivity index (χ2n) is 5.39. The van der Waals surface area contributed by atoms with Gasteiger partial charge in [0.2, 0.25) is 0 Å². The lowest BCUT2D eigenvalue weighted by atomic mass is 10.1. The predicted octanol–water partition coefficient (Wildman–Crippen LogP) is 2.65. The van der Waals surface area contributed by atoms with Gasteiger partial charge in [-0.05, 0) is 34.6 Å². The first-order chi connectivity index (χ1) is 7.78. The minimum atomic E-state index is 0.0780. The topological polar surface area (TPSA) is 42.0 Å². The Kier molecular flexibility index (Phi) is 4.83. The molecular formula is C13H22N2OS. The number of Topliss-reactive ketones (excluding diaryl/α,β-unsaturated/α-hetero) is 1. The maximum atomic E-state index is 11.7. The summed E-state index contributed by atoms with van der Waals surface area (Å²) in [5.41, 5.74) is 1.12. The summed E-state index contributed by atoms with van der Waals surface area (Å²) in [6, 6.07) is 0. The maximum absolute atomic E-state index is 11.7. The molecular weight excluding hydrogens is 232 g/mol. The number of hydrogen-bond acceptors (Lipinski definition) is 4. The number of aromatic nitrogens is 1. The van der Waals surface area contributed by atoms with Crippen LogP contribution in [0, 0.1) is 13.8 Å². The van der Waals surface area contributed by atoms with Crippen LogP contribution in [0.3, 0.4) is 0 Å². The number of ketones is 1. The van der Waals surface area contributed by atoms with E-state index in [2.05, 4.69) is 31.1 Å². The summed E-state index contributed by atoms with van der Waals surface area (Å²) in [5.74, 6) is 0.260. The molecule has 1 rings (SSSR count). The zero-order valence-electron chi connectivity index (χ0n) is 11.4. The lowest BCUT2D eigenvalue weighted by Gasteiger charge is -2.19. The third-order valence-corrected chi connectivity index (χ3v) is 3.55. The fraction of sp³-hybridized carbons (Fsp3) is 0.692. The summed E-state index contributed by atoms with van der Waals surface area (Å²) in [6.45, 7) is 11.1. The maximum Gasteiger partial charge on any atom is 0.140 e. The van der Waals surface area contributed by atoms with Crippen LogP contribution in [0.25, 0.3) is 0 Å². The Morgan fingerprint density at radius 2 is 2.00 bits per heavy atom. The molecule has 96 valence electrons. The Hall–Kier alpha value is -0.740. The minimum Gasteiger partial charge on any atom is -0.312 e. The number of aryl methyl sites for hydroxylation is 2. The van der Waals surface area contributed by atoms with E-state index in [-0.39, 0.29) is 11.3 Å². The lowest BCUT2D eigenvalue weighted by Crippen LogP contribution is -2.37. The van der Waals surface area contributed by atoms with E-state index in [0.29, 0.717) is 12.8 Å². The molecule has 0 unspecified atom stereocenters. The van der Waals surface area contributed by atoms with E-state index in [1.54, 1.807) is 11.3 Å². The average Bonchev–Trinajstić information content (AvgIpc) is 2.43. The first-order valence-corrected chi connectivity index (χ1v) is 6.79. The van der Waals surface area contributed by atoms with Crippen molar-refractivity contribution in [2.24, 2.45) is 0 Å². The van der Waals surface area contributed by atoms with Crippen molar-refractivity contribution in [2.75, 3.05) is 6.54 Å². The van der Waals surface area contributed by atoms with Gasteiger partial charge >= 0.3 is 0 Å². The smallest absolute Gasteiger partial charge is 0.140 e. The largest absolute Gasteiger partial charge is 0.312 e. The van der Waals surface area contributed by atoms with Crippen LogP contribution in [0.15, 0.2) is 0 Å². The number of hydrogen-bond donors (Lipinski definition) is 1. The van der Waals surface area contributed by atoms with E-state index >= 15 is 0 Å². The number of nitrogens with zero attached hydrogens (tertiary/aromatic N) is 1. The predicted molar refractivity (Wildman–Crippen MR) is 72.7 cm³/mol. The molecule has 0 radical (unpaired) electrons. The molecule has 0 aliphatic carbocycles. The highest BCUT2D eigenvalue weighted by molar-refractivity contribution is 7.11. The van der Waals surface area contributed by atoms with E-state index < -0.39 is 0 Å². The number of thiazole rings is 1. The Morgan fingerprint density at radius 3 is 2.47 bits per heavy atom. The molecule has 1 N–H and O–H groups in total. The van der Waals surface area contributed by atoms with Crippen LogP contribution in [-0.2, 0) is 11.2 Å². The van der Waals surface area contributed by atoms with Gasteiger partial charge in [0.1, 0.15) is 10.8 Å². The van der Waals surface area contributed by atoms with Gasteiger partial charge in [0.25, 0.3) is 0 Å². The second kappa shape index (κ2) is 5.74. The molecule has 1 aromatic heterocycles. The quantitative estimate of drug-likeness (QED) is 0.878. The van der Waals surface area contributed by atoms with Gasteiger partial charge in [-0.15, -0.1) is 11.3 Å². The highest BCUT2D eigenvalue weighted by Gasteiger charge is 2.12. The molecule has 0 aliphatic heterocycles. The van der Waals surface area contributed by atoms with E-state index in [1.807, 2.05) is 13.8 Å². The Balaban J connectivity index is 2.35. The van der Waals surface area contributed by atoms with Crippen molar-refractivity contribution in [1.29, 1.82) is 0 Å². The summed E-state index contributed by atoms with van der Waals surface area (Å²) in [4.78, 5) is 17.3. The average molecular weight is 254 g/mol. The van der Waals surface area contributed by atoms with Crippen LogP contribution in [0.2, 0.25) is 0 Å². The molecule has 0 atom stereocenters. The van der Waals surface area contributed by atoms with E-state index in [9.17, 15) is 4.79 Å².